The number of carbonyl (C=O) groups excluding carboxylic acids is 3. The number of hydrogen-bond donors (Lipinski definition) is 1. The molecule has 0 aliphatic carbocycles. The van der Waals surface area contributed by atoms with E-state index >= 15 is 0 Å². The molecule has 0 atom stereocenters. The zero-order chi connectivity index (χ0) is 22.4. The van der Waals surface area contributed by atoms with Crippen molar-refractivity contribution in [3.8, 4) is 0 Å². The number of carbonyl (C=O) groups is 3. The molecule has 3 aromatic rings. The Morgan fingerprint density at radius 3 is 2.61 bits per heavy atom. The number of fused-ring (bicyclic) bond motifs is 1. The molecule has 3 rings (SSSR count). The Bertz CT molecular complexity index is 1100. The number of likely N-dealkylation sites (N-methyl/N-ethyl adjacent to an activating group) is 1. The van der Waals surface area contributed by atoms with E-state index in [-0.39, 0.29) is 12.5 Å². The van der Waals surface area contributed by atoms with Crippen LogP contribution in [-0.4, -0.2) is 47.4 Å². The maximum Gasteiger partial charge on any atom is 0.340 e. The summed E-state index contributed by atoms with van der Waals surface area (Å²) in [4.78, 5) is 44.2. The van der Waals surface area contributed by atoms with E-state index in [2.05, 4.69) is 10.3 Å². The Morgan fingerprint density at radius 2 is 1.90 bits per heavy atom. The van der Waals surface area contributed by atoms with Crippen LogP contribution in [-0.2, 0) is 20.9 Å². The molecule has 0 saturated heterocycles. The van der Waals surface area contributed by atoms with Crippen LogP contribution >= 0.6 is 11.3 Å². The van der Waals surface area contributed by atoms with Gasteiger partial charge in [0.05, 0.1) is 29.9 Å². The average molecular weight is 440 g/mol. The lowest BCUT2D eigenvalue weighted by molar-refractivity contribution is -0.138. The fourth-order valence-corrected chi connectivity index (χ4v) is 3.97. The van der Waals surface area contributed by atoms with Gasteiger partial charge < -0.3 is 15.0 Å². The quantitative estimate of drug-likeness (QED) is 0.545. The first-order valence-electron chi connectivity index (χ1n) is 10.0. The van der Waals surface area contributed by atoms with Crippen molar-refractivity contribution >= 4 is 40.0 Å². The molecule has 2 amide bonds. The molecule has 0 spiro atoms. The van der Waals surface area contributed by atoms with Gasteiger partial charge in [-0.25, -0.2) is 4.79 Å². The van der Waals surface area contributed by atoms with Gasteiger partial charge >= 0.3 is 5.97 Å². The molecule has 31 heavy (non-hydrogen) atoms. The first kappa shape index (κ1) is 22.4. The van der Waals surface area contributed by atoms with Crippen LogP contribution in [0.5, 0.6) is 0 Å². The van der Waals surface area contributed by atoms with E-state index in [1.165, 1.54) is 4.90 Å². The molecule has 0 bridgehead atoms. The summed E-state index contributed by atoms with van der Waals surface area (Å²) in [5.41, 5.74) is 2.48. The van der Waals surface area contributed by atoms with Crippen molar-refractivity contribution < 1.29 is 19.1 Å². The summed E-state index contributed by atoms with van der Waals surface area (Å²) in [5.74, 6) is -1.29. The predicted octanol–water partition coefficient (Wildman–Crippen LogP) is 3.23. The zero-order valence-corrected chi connectivity index (χ0v) is 18.6. The number of nitrogens with zero attached hydrogens (tertiary/aromatic N) is 2. The molecule has 0 radical (unpaired) electrons. The van der Waals surface area contributed by atoms with E-state index in [9.17, 15) is 14.4 Å². The number of ether oxygens (including phenoxy) is 1. The summed E-state index contributed by atoms with van der Waals surface area (Å²) in [7, 11) is 0. The fourth-order valence-electron chi connectivity index (χ4n) is 3.33. The van der Waals surface area contributed by atoms with Gasteiger partial charge in [0, 0.05) is 16.8 Å². The molecule has 1 N–H and O–H groups in total. The molecule has 0 unspecified atom stereocenters. The van der Waals surface area contributed by atoms with Gasteiger partial charge in [-0.2, -0.15) is 0 Å². The standard InChI is InChI=1S/C23H25N3O4S/c1-4-26(13-20(27)24-12-17-8-7-11-31-17)21(28)14-30-23(29)22-15(2)18-9-5-6-10-19(18)25-16(22)3/h5-11H,4,12-14H2,1-3H3,(H,24,27). The molecule has 0 aliphatic rings. The number of amides is 2. The number of benzene rings is 1. The summed E-state index contributed by atoms with van der Waals surface area (Å²) >= 11 is 1.55. The van der Waals surface area contributed by atoms with Gasteiger partial charge in [-0.1, -0.05) is 24.3 Å². The van der Waals surface area contributed by atoms with E-state index in [1.54, 1.807) is 25.2 Å². The molecule has 1 aromatic carbocycles. The Kier molecular flexibility index (Phi) is 7.36. The first-order valence-corrected chi connectivity index (χ1v) is 10.9. The van der Waals surface area contributed by atoms with Crippen LogP contribution in [0.25, 0.3) is 10.9 Å². The monoisotopic (exact) mass is 439 g/mol. The minimum Gasteiger partial charge on any atom is -0.452 e. The Hall–Kier alpha value is -3.26. The second-order valence-electron chi connectivity index (χ2n) is 7.05. The van der Waals surface area contributed by atoms with Crippen molar-refractivity contribution in [2.75, 3.05) is 19.7 Å². The number of para-hydroxylation sites is 1. The van der Waals surface area contributed by atoms with E-state index < -0.39 is 18.5 Å². The maximum atomic E-state index is 12.7. The summed E-state index contributed by atoms with van der Waals surface area (Å²) in [6.07, 6.45) is 0. The van der Waals surface area contributed by atoms with Gasteiger partial charge in [-0.15, -0.1) is 11.3 Å². The SMILES string of the molecule is CCN(CC(=O)NCc1cccs1)C(=O)COC(=O)c1c(C)nc2ccccc2c1C. The lowest BCUT2D eigenvalue weighted by Crippen LogP contribution is -2.42. The highest BCUT2D eigenvalue weighted by Crippen LogP contribution is 2.23. The molecule has 2 aromatic heterocycles. The van der Waals surface area contributed by atoms with E-state index in [1.807, 2.05) is 48.7 Å². The van der Waals surface area contributed by atoms with Gasteiger partial charge in [-0.05, 0) is 43.8 Å². The van der Waals surface area contributed by atoms with E-state index in [0.717, 1.165) is 21.3 Å². The van der Waals surface area contributed by atoms with Crippen LogP contribution in [0.2, 0.25) is 0 Å². The van der Waals surface area contributed by atoms with Crippen LogP contribution < -0.4 is 5.32 Å². The normalized spacial score (nSPS) is 10.7. The number of rotatable bonds is 8. The second kappa shape index (κ2) is 10.2. The van der Waals surface area contributed by atoms with Crippen LogP contribution in [0.1, 0.15) is 33.4 Å². The van der Waals surface area contributed by atoms with Crippen molar-refractivity contribution in [1.29, 1.82) is 0 Å². The molecule has 7 nitrogen and oxygen atoms in total. The summed E-state index contributed by atoms with van der Waals surface area (Å²) in [6.45, 7) is 5.58. The minimum atomic E-state index is -0.597. The third-order valence-electron chi connectivity index (χ3n) is 4.97. The van der Waals surface area contributed by atoms with Crippen LogP contribution in [0.15, 0.2) is 41.8 Å². The molecule has 0 aliphatic heterocycles. The number of esters is 1. The summed E-state index contributed by atoms with van der Waals surface area (Å²) in [5, 5.41) is 5.59. The molecule has 2 heterocycles. The van der Waals surface area contributed by atoms with Crippen molar-refractivity contribution in [2.24, 2.45) is 0 Å². The number of thiophene rings is 1. The highest BCUT2D eigenvalue weighted by Gasteiger charge is 2.21. The molecular formula is C23H25N3O4S. The van der Waals surface area contributed by atoms with E-state index in [0.29, 0.717) is 24.3 Å². The van der Waals surface area contributed by atoms with Gasteiger partial charge in [0.25, 0.3) is 5.91 Å². The van der Waals surface area contributed by atoms with Crippen LogP contribution in [0.3, 0.4) is 0 Å². The minimum absolute atomic E-state index is 0.0894. The van der Waals surface area contributed by atoms with Crippen molar-refractivity contribution in [2.45, 2.75) is 27.3 Å². The third-order valence-corrected chi connectivity index (χ3v) is 5.85. The molecule has 162 valence electrons. The second-order valence-corrected chi connectivity index (χ2v) is 8.09. The largest absolute Gasteiger partial charge is 0.452 e. The molecule has 0 saturated carbocycles. The van der Waals surface area contributed by atoms with Gasteiger partial charge in [0.15, 0.2) is 6.61 Å². The smallest absolute Gasteiger partial charge is 0.340 e. The van der Waals surface area contributed by atoms with Crippen molar-refractivity contribution in [3.63, 3.8) is 0 Å². The number of nitrogens with one attached hydrogen (secondary N) is 1. The van der Waals surface area contributed by atoms with Crippen LogP contribution in [0, 0.1) is 13.8 Å². The Balaban J connectivity index is 1.59. The number of hydrogen-bond acceptors (Lipinski definition) is 6. The third kappa shape index (κ3) is 5.46. The number of aryl methyl sites for hydroxylation is 2. The fraction of sp³-hybridized carbons (Fsp3) is 0.304. The van der Waals surface area contributed by atoms with Gasteiger partial charge in [-0.3, -0.25) is 14.6 Å². The lowest BCUT2D eigenvalue weighted by Gasteiger charge is -2.20. The van der Waals surface area contributed by atoms with Crippen LogP contribution in [0.4, 0.5) is 0 Å². The summed E-state index contributed by atoms with van der Waals surface area (Å²) in [6, 6.07) is 11.4. The maximum absolute atomic E-state index is 12.7. The Morgan fingerprint density at radius 1 is 1.13 bits per heavy atom. The highest BCUT2D eigenvalue weighted by molar-refractivity contribution is 7.09. The van der Waals surface area contributed by atoms with E-state index in [4.69, 9.17) is 4.74 Å². The van der Waals surface area contributed by atoms with Gasteiger partial charge in [0.2, 0.25) is 5.91 Å². The topological polar surface area (TPSA) is 88.6 Å². The number of pyridine rings is 1. The molecule has 8 heteroatoms. The molecular weight excluding hydrogens is 414 g/mol. The predicted molar refractivity (Wildman–Crippen MR) is 120 cm³/mol. The zero-order valence-electron chi connectivity index (χ0n) is 17.8. The lowest BCUT2D eigenvalue weighted by atomic mass is 10.0. The number of aromatic nitrogens is 1. The summed E-state index contributed by atoms with van der Waals surface area (Å²) < 4.78 is 5.28. The molecule has 0 fully saturated rings. The van der Waals surface area contributed by atoms with Crippen molar-refractivity contribution in [3.05, 3.63) is 63.5 Å². The first-order chi connectivity index (χ1) is 14.9. The van der Waals surface area contributed by atoms with Crippen molar-refractivity contribution in [1.82, 2.24) is 15.2 Å². The highest BCUT2D eigenvalue weighted by atomic mass is 32.1. The Labute approximate surface area is 185 Å². The average Bonchev–Trinajstić information content (AvgIpc) is 3.28. The van der Waals surface area contributed by atoms with Gasteiger partial charge in [0.1, 0.15) is 0 Å².